The maximum Gasteiger partial charge on any atom is 0.306 e. The summed E-state index contributed by atoms with van der Waals surface area (Å²) in [6.07, 6.45) is 2.32. The summed E-state index contributed by atoms with van der Waals surface area (Å²) >= 11 is 0. The molecule has 0 aromatic heterocycles. The standard InChI is InChI=1S/C16H30N4O4/c1-5-6-16(3,24-4)13(19-9(2)21)11-7-10(14(22)23)8-12(11)20-15(17)18/h10-13H,5-8H2,1-4H3,(H,19,21)(H,22,23)(H4,17,18,20)/t10-,11-,12-,13-,16+/m1/s1. The molecule has 1 rings (SSSR count). The molecule has 0 spiro atoms. The molecule has 24 heavy (non-hydrogen) atoms. The normalized spacial score (nSPS) is 27.1. The lowest BCUT2D eigenvalue weighted by Gasteiger charge is -2.41. The number of amides is 1. The van der Waals surface area contributed by atoms with Crippen LogP contribution >= 0.6 is 0 Å². The van der Waals surface area contributed by atoms with Crippen molar-refractivity contribution >= 4 is 17.8 Å². The van der Waals surface area contributed by atoms with Gasteiger partial charge in [0.25, 0.3) is 0 Å². The number of aliphatic imine (C=N–C) groups is 1. The Morgan fingerprint density at radius 3 is 2.46 bits per heavy atom. The van der Waals surface area contributed by atoms with E-state index in [1.807, 2.05) is 13.8 Å². The van der Waals surface area contributed by atoms with Gasteiger partial charge in [0.15, 0.2) is 5.96 Å². The van der Waals surface area contributed by atoms with Crippen LogP contribution in [0.1, 0.15) is 46.5 Å². The van der Waals surface area contributed by atoms with Gasteiger partial charge < -0.3 is 26.6 Å². The number of nitrogens with one attached hydrogen (secondary N) is 1. The smallest absolute Gasteiger partial charge is 0.306 e. The summed E-state index contributed by atoms with van der Waals surface area (Å²) in [6, 6.07) is -0.739. The van der Waals surface area contributed by atoms with E-state index in [2.05, 4.69) is 10.3 Å². The molecule has 0 unspecified atom stereocenters. The zero-order valence-electron chi connectivity index (χ0n) is 14.9. The molecule has 138 valence electrons. The van der Waals surface area contributed by atoms with Crippen LogP contribution in [-0.2, 0) is 14.3 Å². The highest BCUT2D eigenvalue weighted by Crippen LogP contribution is 2.40. The fraction of sp³-hybridized carbons (Fsp3) is 0.812. The first-order valence-electron chi connectivity index (χ1n) is 8.28. The summed E-state index contributed by atoms with van der Waals surface area (Å²) in [6.45, 7) is 5.40. The van der Waals surface area contributed by atoms with Gasteiger partial charge in [-0.25, -0.2) is 4.99 Å². The molecule has 0 aromatic rings. The van der Waals surface area contributed by atoms with Gasteiger partial charge in [-0.05, 0) is 26.2 Å². The number of hydrogen-bond donors (Lipinski definition) is 4. The molecule has 0 aromatic carbocycles. The molecule has 8 nitrogen and oxygen atoms in total. The number of rotatable bonds is 8. The first-order valence-corrected chi connectivity index (χ1v) is 8.28. The van der Waals surface area contributed by atoms with Crippen molar-refractivity contribution in [1.82, 2.24) is 5.32 Å². The maximum absolute atomic E-state index is 11.8. The zero-order chi connectivity index (χ0) is 18.5. The number of carboxylic acid groups (broad SMARTS) is 1. The zero-order valence-corrected chi connectivity index (χ0v) is 14.9. The van der Waals surface area contributed by atoms with Crippen molar-refractivity contribution in [3.05, 3.63) is 0 Å². The number of nitrogens with zero attached hydrogens (tertiary/aromatic N) is 1. The largest absolute Gasteiger partial charge is 0.481 e. The number of guanidine groups is 1. The highest BCUT2D eigenvalue weighted by atomic mass is 16.5. The Bertz CT molecular complexity index is 492. The van der Waals surface area contributed by atoms with Crippen LogP contribution in [0.25, 0.3) is 0 Å². The molecule has 0 aliphatic heterocycles. The quantitative estimate of drug-likeness (QED) is 0.373. The van der Waals surface area contributed by atoms with Crippen LogP contribution in [0, 0.1) is 11.8 Å². The number of hydrogen-bond acceptors (Lipinski definition) is 4. The number of ether oxygens (including phenoxy) is 1. The van der Waals surface area contributed by atoms with Crippen LogP contribution < -0.4 is 16.8 Å². The fourth-order valence-electron chi connectivity index (χ4n) is 3.76. The van der Waals surface area contributed by atoms with Crippen molar-refractivity contribution in [2.45, 2.75) is 64.1 Å². The molecule has 0 radical (unpaired) electrons. The molecule has 1 aliphatic rings. The lowest BCUT2D eigenvalue weighted by molar-refractivity contribution is -0.141. The van der Waals surface area contributed by atoms with Crippen molar-refractivity contribution in [1.29, 1.82) is 0 Å². The lowest BCUT2D eigenvalue weighted by atomic mass is 9.79. The molecule has 0 heterocycles. The molecule has 1 saturated carbocycles. The monoisotopic (exact) mass is 342 g/mol. The summed E-state index contributed by atoms with van der Waals surface area (Å²) in [5.74, 6) is -1.89. The Hall–Kier alpha value is -1.83. The lowest BCUT2D eigenvalue weighted by Crippen LogP contribution is -2.57. The van der Waals surface area contributed by atoms with Gasteiger partial charge in [-0.3, -0.25) is 9.59 Å². The van der Waals surface area contributed by atoms with Crippen molar-refractivity contribution in [3.63, 3.8) is 0 Å². The average Bonchev–Trinajstić information content (AvgIpc) is 2.87. The average molecular weight is 342 g/mol. The van der Waals surface area contributed by atoms with Crippen LogP contribution in [0.15, 0.2) is 4.99 Å². The molecular formula is C16H30N4O4. The van der Waals surface area contributed by atoms with Gasteiger partial charge in [0, 0.05) is 20.0 Å². The van der Waals surface area contributed by atoms with E-state index in [1.54, 1.807) is 7.11 Å². The van der Waals surface area contributed by atoms with E-state index >= 15 is 0 Å². The Morgan fingerprint density at radius 2 is 2.04 bits per heavy atom. The molecule has 1 amide bonds. The second-order valence-electron chi connectivity index (χ2n) is 6.74. The van der Waals surface area contributed by atoms with E-state index in [1.165, 1.54) is 6.92 Å². The van der Waals surface area contributed by atoms with Gasteiger partial charge in [-0.2, -0.15) is 0 Å². The molecule has 8 heteroatoms. The summed E-state index contributed by atoms with van der Waals surface area (Å²) < 4.78 is 5.73. The van der Waals surface area contributed by atoms with Gasteiger partial charge in [0.1, 0.15) is 0 Å². The van der Waals surface area contributed by atoms with E-state index in [4.69, 9.17) is 16.2 Å². The number of carbonyl (C=O) groups excluding carboxylic acids is 1. The number of carbonyl (C=O) groups is 2. The van der Waals surface area contributed by atoms with E-state index < -0.39 is 17.5 Å². The molecule has 5 atom stereocenters. The third kappa shape index (κ3) is 4.83. The predicted octanol–water partition coefficient (Wildman–Crippen LogP) is 0.449. The van der Waals surface area contributed by atoms with Crippen molar-refractivity contribution in [3.8, 4) is 0 Å². The van der Waals surface area contributed by atoms with E-state index in [0.717, 1.165) is 12.8 Å². The first kappa shape index (κ1) is 20.2. The summed E-state index contributed by atoms with van der Waals surface area (Å²) in [5.41, 5.74) is 10.4. The van der Waals surface area contributed by atoms with E-state index in [-0.39, 0.29) is 29.9 Å². The summed E-state index contributed by atoms with van der Waals surface area (Å²) in [7, 11) is 1.60. The Morgan fingerprint density at radius 1 is 1.42 bits per heavy atom. The summed E-state index contributed by atoms with van der Waals surface area (Å²) in [4.78, 5) is 27.4. The Balaban J connectivity index is 3.23. The minimum absolute atomic E-state index is 0.0766. The number of aliphatic carboxylic acids is 1. The van der Waals surface area contributed by atoms with Crippen LogP contribution in [0.4, 0.5) is 0 Å². The third-order valence-corrected chi connectivity index (χ3v) is 4.90. The topological polar surface area (TPSA) is 140 Å². The van der Waals surface area contributed by atoms with Crippen LogP contribution in [0.2, 0.25) is 0 Å². The second kappa shape index (κ2) is 8.32. The van der Waals surface area contributed by atoms with Crippen LogP contribution in [-0.4, -0.2) is 47.7 Å². The minimum atomic E-state index is -0.871. The van der Waals surface area contributed by atoms with Gasteiger partial charge in [-0.1, -0.05) is 13.3 Å². The van der Waals surface area contributed by atoms with Crippen LogP contribution in [0.5, 0.6) is 0 Å². The molecule has 1 fully saturated rings. The van der Waals surface area contributed by atoms with Gasteiger partial charge in [-0.15, -0.1) is 0 Å². The highest BCUT2D eigenvalue weighted by Gasteiger charge is 2.48. The molecule has 0 saturated heterocycles. The van der Waals surface area contributed by atoms with Crippen molar-refractivity contribution in [2.24, 2.45) is 28.3 Å². The molecule has 6 N–H and O–H groups in total. The predicted molar refractivity (Wildman–Crippen MR) is 91.4 cm³/mol. The second-order valence-corrected chi connectivity index (χ2v) is 6.74. The SMILES string of the molecule is CCC[C@](C)(OC)[C@H](NC(C)=O)[C@@H]1C[C@@H](C(=O)O)C[C@H]1N=C(N)N. The van der Waals surface area contributed by atoms with Crippen LogP contribution in [0.3, 0.4) is 0 Å². The third-order valence-electron chi connectivity index (χ3n) is 4.90. The fourth-order valence-corrected chi connectivity index (χ4v) is 3.76. The minimum Gasteiger partial charge on any atom is -0.481 e. The highest BCUT2D eigenvalue weighted by molar-refractivity contribution is 5.76. The van der Waals surface area contributed by atoms with Crippen molar-refractivity contribution < 1.29 is 19.4 Å². The number of nitrogens with two attached hydrogens (primary N) is 2. The first-order chi connectivity index (χ1) is 11.1. The Labute approximate surface area is 143 Å². The number of methoxy groups -OCH3 is 1. The van der Waals surface area contributed by atoms with Crippen molar-refractivity contribution in [2.75, 3.05) is 7.11 Å². The maximum atomic E-state index is 11.8. The van der Waals surface area contributed by atoms with E-state index in [9.17, 15) is 14.7 Å². The van der Waals surface area contributed by atoms with Gasteiger partial charge in [0.05, 0.1) is 23.6 Å². The summed E-state index contributed by atoms with van der Waals surface area (Å²) in [5, 5.41) is 12.3. The van der Waals surface area contributed by atoms with E-state index in [0.29, 0.717) is 12.8 Å². The molecule has 1 aliphatic carbocycles. The molecule has 0 bridgehead atoms. The van der Waals surface area contributed by atoms with Gasteiger partial charge >= 0.3 is 5.97 Å². The Kier molecular flexibility index (Phi) is 7.01. The molecular weight excluding hydrogens is 312 g/mol. The van der Waals surface area contributed by atoms with Gasteiger partial charge in [0.2, 0.25) is 5.91 Å². The number of carboxylic acids is 1.